The minimum absolute atomic E-state index is 0.00783. The number of carbonyl (C=O) groups is 2. The van der Waals surface area contributed by atoms with Gasteiger partial charge in [0, 0.05) is 17.8 Å². The van der Waals surface area contributed by atoms with Crippen LogP contribution in [0, 0.1) is 0 Å². The molecule has 2 amide bonds. The number of likely N-dealkylation sites (tertiary alicyclic amines) is 1. The molecule has 0 saturated carbocycles. The zero-order valence-corrected chi connectivity index (χ0v) is 16.1. The number of rotatable bonds is 3. The Kier molecular flexibility index (Phi) is 5.32. The molecule has 5 nitrogen and oxygen atoms in total. The maximum atomic E-state index is 13.0. The van der Waals surface area contributed by atoms with Crippen LogP contribution >= 0.6 is 11.3 Å². The van der Waals surface area contributed by atoms with Crippen LogP contribution in [0.3, 0.4) is 0 Å². The van der Waals surface area contributed by atoms with Gasteiger partial charge >= 0.3 is 6.09 Å². The summed E-state index contributed by atoms with van der Waals surface area (Å²) in [6.07, 6.45) is 1.46. The van der Waals surface area contributed by atoms with E-state index in [-0.39, 0.29) is 11.9 Å². The first-order chi connectivity index (χ1) is 12.3. The lowest BCUT2D eigenvalue weighted by Crippen LogP contribution is -2.30. The standard InChI is InChI=1S/C20H24N2O3S/c1-20(2,3)25-19(24)21-16-7-4-6-14(12-16)18(23)22-10-5-8-17(22)15-9-11-26-13-15/h4,6-7,9,11-13,17H,5,8,10H2,1-3H3,(H,21,24)/t17-/m1/s1. The third-order valence-corrected chi connectivity index (χ3v) is 4.90. The quantitative estimate of drug-likeness (QED) is 0.818. The van der Waals surface area contributed by atoms with Gasteiger partial charge < -0.3 is 9.64 Å². The molecule has 0 bridgehead atoms. The summed E-state index contributed by atoms with van der Waals surface area (Å²) in [6.45, 7) is 6.18. The van der Waals surface area contributed by atoms with Crippen LogP contribution in [-0.4, -0.2) is 29.0 Å². The van der Waals surface area contributed by atoms with E-state index < -0.39 is 11.7 Å². The van der Waals surface area contributed by atoms with Crippen LogP contribution in [0.15, 0.2) is 41.1 Å². The Labute approximate surface area is 158 Å². The molecule has 3 rings (SSSR count). The first kappa shape index (κ1) is 18.5. The van der Waals surface area contributed by atoms with E-state index in [0.29, 0.717) is 11.3 Å². The second-order valence-electron chi connectivity index (χ2n) is 7.42. The number of thiophene rings is 1. The van der Waals surface area contributed by atoms with Gasteiger partial charge in [-0.15, -0.1) is 0 Å². The van der Waals surface area contributed by atoms with Gasteiger partial charge in [-0.1, -0.05) is 6.07 Å². The van der Waals surface area contributed by atoms with Crippen molar-refractivity contribution in [2.75, 3.05) is 11.9 Å². The molecule has 1 aliphatic heterocycles. The molecule has 2 heterocycles. The summed E-state index contributed by atoms with van der Waals surface area (Å²) in [5.41, 5.74) is 1.75. The summed E-state index contributed by atoms with van der Waals surface area (Å²) < 4.78 is 5.26. The molecule has 138 valence electrons. The lowest BCUT2D eigenvalue weighted by molar-refractivity contribution is 0.0634. The van der Waals surface area contributed by atoms with Crippen LogP contribution in [-0.2, 0) is 4.74 Å². The largest absolute Gasteiger partial charge is 0.444 e. The molecule has 1 saturated heterocycles. The molecule has 0 aliphatic carbocycles. The second kappa shape index (κ2) is 7.50. The van der Waals surface area contributed by atoms with Crippen molar-refractivity contribution in [3.63, 3.8) is 0 Å². The average molecular weight is 372 g/mol. The van der Waals surface area contributed by atoms with E-state index in [1.165, 1.54) is 5.56 Å². The van der Waals surface area contributed by atoms with Gasteiger partial charge in [-0.3, -0.25) is 10.1 Å². The molecule has 2 aromatic rings. The van der Waals surface area contributed by atoms with E-state index in [9.17, 15) is 9.59 Å². The minimum Gasteiger partial charge on any atom is -0.444 e. The maximum absolute atomic E-state index is 13.0. The summed E-state index contributed by atoms with van der Waals surface area (Å²) in [5, 5.41) is 6.84. The van der Waals surface area contributed by atoms with Gasteiger partial charge in [-0.25, -0.2) is 4.79 Å². The zero-order valence-electron chi connectivity index (χ0n) is 15.3. The molecule has 1 aromatic heterocycles. The number of ether oxygens (including phenoxy) is 1. The molecule has 0 unspecified atom stereocenters. The molecule has 1 fully saturated rings. The number of benzene rings is 1. The zero-order chi connectivity index (χ0) is 18.7. The van der Waals surface area contributed by atoms with Crippen molar-refractivity contribution in [1.29, 1.82) is 0 Å². The fourth-order valence-electron chi connectivity index (χ4n) is 3.14. The Morgan fingerprint density at radius 3 is 2.77 bits per heavy atom. The molecule has 6 heteroatoms. The van der Waals surface area contributed by atoms with Crippen LogP contribution in [0.5, 0.6) is 0 Å². The van der Waals surface area contributed by atoms with Gasteiger partial charge in [0.1, 0.15) is 5.60 Å². The molecular formula is C20H24N2O3S. The predicted molar refractivity (Wildman–Crippen MR) is 104 cm³/mol. The van der Waals surface area contributed by atoms with Crippen molar-refractivity contribution in [2.24, 2.45) is 0 Å². The van der Waals surface area contributed by atoms with Gasteiger partial charge in [-0.2, -0.15) is 11.3 Å². The number of nitrogens with zero attached hydrogens (tertiary/aromatic N) is 1. The first-order valence-corrected chi connectivity index (χ1v) is 9.71. The number of hydrogen-bond acceptors (Lipinski definition) is 4. The molecule has 0 radical (unpaired) electrons. The topological polar surface area (TPSA) is 58.6 Å². The van der Waals surface area contributed by atoms with E-state index in [4.69, 9.17) is 4.74 Å². The van der Waals surface area contributed by atoms with Crippen molar-refractivity contribution in [2.45, 2.75) is 45.3 Å². The Bertz CT molecular complexity index is 781. The van der Waals surface area contributed by atoms with E-state index in [2.05, 4.69) is 16.8 Å². The monoisotopic (exact) mass is 372 g/mol. The highest BCUT2D eigenvalue weighted by Crippen LogP contribution is 2.34. The molecular weight excluding hydrogens is 348 g/mol. The average Bonchev–Trinajstić information content (AvgIpc) is 3.23. The van der Waals surface area contributed by atoms with E-state index >= 15 is 0 Å². The van der Waals surface area contributed by atoms with E-state index in [1.807, 2.05) is 31.1 Å². The van der Waals surface area contributed by atoms with Gasteiger partial charge in [0.25, 0.3) is 5.91 Å². The van der Waals surface area contributed by atoms with E-state index in [0.717, 1.165) is 19.4 Å². The highest BCUT2D eigenvalue weighted by Gasteiger charge is 2.30. The molecule has 1 aromatic carbocycles. The van der Waals surface area contributed by atoms with Crippen molar-refractivity contribution in [1.82, 2.24) is 4.90 Å². The number of carbonyl (C=O) groups excluding carboxylic acids is 2. The fraction of sp³-hybridized carbons (Fsp3) is 0.400. The van der Waals surface area contributed by atoms with Gasteiger partial charge in [0.2, 0.25) is 0 Å². The first-order valence-electron chi connectivity index (χ1n) is 8.76. The molecule has 1 atom stereocenters. The summed E-state index contributed by atoms with van der Waals surface area (Å²) in [4.78, 5) is 26.9. The predicted octanol–water partition coefficient (Wildman–Crippen LogP) is 5.07. The second-order valence-corrected chi connectivity index (χ2v) is 8.20. The van der Waals surface area contributed by atoms with Gasteiger partial charge in [0.15, 0.2) is 0 Å². The van der Waals surface area contributed by atoms with E-state index in [1.54, 1.807) is 35.6 Å². The highest BCUT2D eigenvalue weighted by molar-refractivity contribution is 7.08. The lowest BCUT2D eigenvalue weighted by Gasteiger charge is -2.24. The summed E-state index contributed by atoms with van der Waals surface area (Å²) in [7, 11) is 0. The molecule has 0 spiro atoms. The summed E-state index contributed by atoms with van der Waals surface area (Å²) >= 11 is 1.65. The number of nitrogens with one attached hydrogen (secondary N) is 1. The van der Waals surface area contributed by atoms with Gasteiger partial charge in [-0.05, 0) is 74.2 Å². The smallest absolute Gasteiger partial charge is 0.412 e. The maximum Gasteiger partial charge on any atom is 0.412 e. The highest BCUT2D eigenvalue weighted by atomic mass is 32.1. The number of amides is 2. The van der Waals surface area contributed by atoms with Crippen LogP contribution in [0.25, 0.3) is 0 Å². The van der Waals surface area contributed by atoms with Crippen molar-refractivity contribution in [3.05, 3.63) is 52.2 Å². The minimum atomic E-state index is -0.569. The van der Waals surface area contributed by atoms with Gasteiger partial charge in [0.05, 0.1) is 6.04 Å². The Hall–Kier alpha value is -2.34. The van der Waals surface area contributed by atoms with Crippen molar-refractivity contribution >= 4 is 29.0 Å². The third kappa shape index (κ3) is 4.43. The van der Waals surface area contributed by atoms with Crippen molar-refractivity contribution in [3.8, 4) is 0 Å². The third-order valence-electron chi connectivity index (χ3n) is 4.20. The lowest BCUT2D eigenvalue weighted by atomic mass is 10.1. The normalized spacial score (nSPS) is 17.2. The van der Waals surface area contributed by atoms with Crippen LogP contribution in [0.4, 0.5) is 10.5 Å². The number of hydrogen-bond donors (Lipinski definition) is 1. The Balaban J connectivity index is 1.73. The Morgan fingerprint density at radius 2 is 2.08 bits per heavy atom. The van der Waals surface area contributed by atoms with Crippen LogP contribution < -0.4 is 5.32 Å². The molecule has 26 heavy (non-hydrogen) atoms. The van der Waals surface area contributed by atoms with Crippen LogP contribution in [0.1, 0.15) is 55.6 Å². The molecule has 1 aliphatic rings. The molecule has 1 N–H and O–H groups in total. The summed E-state index contributed by atoms with van der Waals surface area (Å²) in [5.74, 6) is -0.00783. The number of anilines is 1. The summed E-state index contributed by atoms with van der Waals surface area (Å²) in [6, 6.07) is 9.23. The SMILES string of the molecule is CC(C)(C)OC(=O)Nc1cccc(C(=O)N2CCC[C@@H]2c2ccsc2)c1. The van der Waals surface area contributed by atoms with Crippen molar-refractivity contribution < 1.29 is 14.3 Å². The fourth-order valence-corrected chi connectivity index (χ4v) is 3.85. The Morgan fingerprint density at radius 1 is 1.27 bits per heavy atom. The van der Waals surface area contributed by atoms with Crippen LogP contribution in [0.2, 0.25) is 0 Å².